The predicted molar refractivity (Wildman–Crippen MR) is 126 cm³/mol. The van der Waals surface area contributed by atoms with Crippen molar-refractivity contribution in [1.82, 2.24) is 25.0 Å². The Hall–Kier alpha value is -2.76. The van der Waals surface area contributed by atoms with Crippen LogP contribution in [-0.2, 0) is 0 Å². The van der Waals surface area contributed by atoms with Crippen molar-refractivity contribution in [3.8, 4) is 11.4 Å². The molecule has 10 heteroatoms. The summed E-state index contributed by atoms with van der Waals surface area (Å²) in [5.74, 6) is 2.42. The number of hydrogen-bond acceptors (Lipinski definition) is 7. The van der Waals surface area contributed by atoms with Crippen molar-refractivity contribution in [2.24, 2.45) is 10.7 Å². The lowest BCUT2D eigenvalue weighted by Gasteiger charge is -2.35. The molecule has 1 atom stereocenters. The first-order chi connectivity index (χ1) is 14.2. The zero-order valence-corrected chi connectivity index (χ0v) is 19.1. The number of anilines is 1. The van der Waals surface area contributed by atoms with Crippen LogP contribution in [-0.4, -0.2) is 63.7 Å². The van der Waals surface area contributed by atoms with Gasteiger partial charge in [-0.1, -0.05) is 42.4 Å². The van der Waals surface area contributed by atoms with Crippen LogP contribution in [0, 0.1) is 0 Å². The fourth-order valence-corrected chi connectivity index (χ4v) is 3.14. The molecule has 2 N–H and O–H groups in total. The summed E-state index contributed by atoms with van der Waals surface area (Å²) >= 11 is 0. The maximum atomic E-state index is 6.21. The van der Waals surface area contributed by atoms with E-state index in [0.29, 0.717) is 24.2 Å². The molecule has 1 saturated heterocycles. The van der Waals surface area contributed by atoms with Gasteiger partial charge in [-0.3, -0.25) is 4.99 Å². The van der Waals surface area contributed by atoms with Crippen molar-refractivity contribution in [2.75, 3.05) is 37.6 Å². The van der Waals surface area contributed by atoms with Crippen molar-refractivity contribution in [3.05, 3.63) is 54.7 Å². The summed E-state index contributed by atoms with van der Waals surface area (Å²) < 4.78 is 5.42. The third-order valence-corrected chi connectivity index (χ3v) is 4.86. The molecule has 1 aromatic carbocycles. The highest BCUT2D eigenvalue weighted by Crippen LogP contribution is 2.19. The largest absolute Gasteiger partial charge is 0.370 e. The van der Waals surface area contributed by atoms with Crippen molar-refractivity contribution in [3.63, 3.8) is 0 Å². The van der Waals surface area contributed by atoms with Crippen LogP contribution >= 0.6 is 24.0 Å². The van der Waals surface area contributed by atoms with E-state index in [1.165, 1.54) is 0 Å². The molecule has 9 nitrogen and oxygen atoms in total. The van der Waals surface area contributed by atoms with Crippen LogP contribution in [0.5, 0.6) is 0 Å². The number of benzene rings is 1. The number of nitrogens with zero attached hydrogens (tertiary/aromatic N) is 7. The van der Waals surface area contributed by atoms with Crippen molar-refractivity contribution < 1.29 is 4.52 Å². The Balaban J connectivity index is 0.00000256. The Labute approximate surface area is 192 Å². The molecule has 0 amide bonds. The number of nitrogens with two attached hydrogens (primary N) is 1. The SMILES string of the molecule is CC(CN=C(N)N1CCN(c2ncccn2)CC1)c1nc(-c2ccccc2)no1.I. The number of hydrogen-bond donors (Lipinski definition) is 1. The smallest absolute Gasteiger partial charge is 0.231 e. The van der Waals surface area contributed by atoms with E-state index in [4.69, 9.17) is 10.3 Å². The molecule has 3 aromatic rings. The van der Waals surface area contributed by atoms with E-state index in [2.05, 4.69) is 34.9 Å². The second kappa shape index (κ2) is 10.3. The van der Waals surface area contributed by atoms with Gasteiger partial charge < -0.3 is 20.1 Å². The van der Waals surface area contributed by atoms with Gasteiger partial charge in [-0.25, -0.2) is 9.97 Å². The minimum absolute atomic E-state index is 0. The van der Waals surface area contributed by atoms with Crippen molar-refractivity contribution >= 4 is 35.9 Å². The molecule has 0 radical (unpaired) electrons. The zero-order valence-electron chi connectivity index (χ0n) is 16.8. The standard InChI is InChI=1S/C20H24N8O.HI/c1-15(18-25-17(26-29-18)16-6-3-2-4-7-16)14-24-19(21)27-10-12-28(13-11-27)20-22-8-5-9-23-20;/h2-9,15H,10-14H2,1H3,(H2,21,24);1H. The zero-order chi connectivity index (χ0) is 20.1. The molecule has 1 fully saturated rings. The van der Waals surface area contributed by atoms with Gasteiger partial charge in [0.15, 0.2) is 5.96 Å². The molecule has 0 aliphatic carbocycles. The number of rotatable bonds is 5. The highest BCUT2D eigenvalue weighted by Gasteiger charge is 2.21. The van der Waals surface area contributed by atoms with Crippen molar-refractivity contribution in [1.29, 1.82) is 0 Å². The number of guanidine groups is 1. The molecule has 0 saturated carbocycles. The van der Waals surface area contributed by atoms with Crippen LogP contribution in [0.3, 0.4) is 0 Å². The minimum atomic E-state index is -0.0162. The molecule has 1 unspecified atom stereocenters. The predicted octanol–water partition coefficient (Wildman–Crippen LogP) is 2.39. The van der Waals surface area contributed by atoms with E-state index in [0.717, 1.165) is 37.7 Å². The lowest BCUT2D eigenvalue weighted by Crippen LogP contribution is -2.51. The third-order valence-electron chi connectivity index (χ3n) is 4.86. The number of aliphatic imine (C=N–C) groups is 1. The molecule has 1 aliphatic rings. The Morgan fingerprint density at radius 3 is 2.50 bits per heavy atom. The second-order valence-electron chi connectivity index (χ2n) is 6.95. The van der Waals surface area contributed by atoms with Gasteiger partial charge in [0.25, 0.3) is 0 Å². The van der Waals surface area contributed by atoms with E-state index >= 15 is 0 Å². The van der Waals surface area contributed by atoms with Crippen LogP contribution in [0.2, 0.25) is 0 Å². The van der Waals surface area contributed by atoms with Crippen LogP contribution in [0.25, 0.3) is 11.4 Å². The Bertz CT molecular complexity index is 942. The van der Waals surface area contributed by atoms with Crippen LogP contribution in [0.1, 0.15) is 18.7 Å². The van der Waals surface area contributed by atoms with E-state index in [1.807, 2.05) is 43.3 Å². The van der Waals surface area contributed by atoms with Gasteiger partial charge in [0.1, 0.15) is 0 Å². The number of halogens is 1. The molecule has 4 rings (SSSR count). The first-order valence-electron chi connectivity index (χ1n) is 9.66. The molecule has 0 spiro atoms. The van der Waals surface area contributed by atoms with Gasteiger partial charge in [0.05, 0.1) is 12.5 Å². The average molecular weight is 520 g/mol. The summed E-state index contributed by atoms with van der Waals surface area (Å²) in [6.45, 7) is 5.66. The molecule has 0 bridgehead atoms. The Kier molecular flexibility index (Phi) is 7.55. The highest BCUT2D eigenvalue weighted by atomic mass is 127. The van der Waals surface area contributed by atoms with Gasteiger partial charge in [-0.05, 0) is 6.07 Å². The summed E-state index contributed by atoms with van der Waals surface area (Å²) in [6, 6.07) is 11.6. The van der Waals surface area contributed by atoms with E-state index in [1.54, 1.807) is 12.4 Å². The van der Waals surface area contributed by atoms with E-state index < -0.39 is 0 Å². The molecule has 158 valence electrons. The maximum absolute atomic E-state index is 6.21. The summed E-state index contributed by atoms with van der Waals surface area (Å²) in [7, 11) is 0. The van der Waals surface area contributed by atoms with Crippen LogP contribution in [0.15, 0.2) is 58.3 Å². The Morgan fingerprint density at radius 2 is 1.80 bits per heavy atom. The fourth-order valence-electron chi connectivity index (χ4n) is 3.14. The summed E-state index contributed by atoms with van der Waals surface area (Å²) in [4.78, 5) is 21.9. The maximum Gasteiger partial charge on any atom is 0.231 e. The Morgan fingerprint density at radius 1 is 1.10 bits per heavy atom. The normalized spacial score (nSPS) is 15.6. The van der Waals surface area contributed by atoms with Gasteiger partial charge in [0.2, 0.25) is 17.7 Å². The topological polar surface area (TPSA) is 110 Å². The molecule has 1 aliphatic heterocycles. The lowest BCUT2D eigenvalue weighted by atomic mass is 10.2. The van der Waals surface area contributed by atoms with Crippen LogP contribution in [0.4, 0.5) is 5.95 Å². The fraction of sp³-hybridized carbons (Fsp3) is 0.350. The first kappa shape index (κ1) is 21.9. The molecular weight excluding hydrogens is 495 g/mol. The molecular formula is C20H25IN8O. The summed E-state index contributed by atoms with van der Waals surface area (Å²) in [5, 5.41) is 4.07. The van der Waals surface area contributed by atoms with Crippen LogP contribution < -0.4 is 10.6 Å². The molecule has 2 aromatic heterocycles. The van der Waals surface area contributed by atoms with Gasteiger partial charge in [-0.2, -0.15) is 4.98 Å². The molecule has 30 heavy (non-hydrogen) atoms. The monoisotopic (exact) mass is 520 g/mol. The van der Waals surface area contributed by atoms with Crippen molar-refractivity contribution in [2.45, 2.75) is 12.8 Å². The summed E-state index contributed by atoms with van der Waals surface area (Å²) in [6.07, 6.45) is 3.51. The first-order valence-corrected chi connectivity index (χ1v) is 9.66. The summed E-state index contributed by atoms with van der Waals surface area (Å²) in [5.41, 5.74) is 7.14. The quantitative estimate of drug-likeness (QED) is 0.310. The minimum Gasteiger partial charge on any atom is -0.370 e. The third kappa shape index (κ3) is 5.23. The second-order valence-corrected chi connectivity index (χ2v) is 6.95. The lowest BCUT2D eigenvalue weighted by molar-refractivity contribution is 0.358. The van der Waals surface area contributed by atoms with E-state index in [9.17, 15) is 0 Å². The average Bonchev–Trinajstić information content (AvgIpc) is 3.29. The van der Waals surface area contributed by atoms with E-state index in [-0.39, 0.29) is 29.9 Å². The van der Waals surface area contributed by atoms with Gasteiger partial charge in [-0.15, -0.1) is 24.0 Å². The number of aromatic nitrogens is 4. The molecule has 3 heterocycles. The highest BCUT2D eigenvalue weighted by molar-refractivity contribution is 14.0. The van der Waals surface area contributed by atoms with Gasteiger partial charge in [0, 0.05) is 44.1 Å². The van der Waals surface area contributed by atoms with Gasteiger partial charge >= 0.3 is 0 Å². The number of piperazine rings is 1.